The molecule has 0 aromatic heterocycles. The molecule has 3 unspecified atom stereocenters. The Hall–Kier alpha value is -1.55. The summed E-state index contributed by atoms with van der Waals surface area (Å²) in [7, 11) is 1.61. The molecule has 2 fully saturated rings. The van der Waals surface area contributed by atoms with Crippen LogP contribution in [0.15, 0.2) is 18.2 Å². The van der Waals surface area contributed by atoms with Crippen molar-refractivity contribution in [2.24, 2.45) is 23.5 Å². The summed E-state index contributed by atoms with van der Waals surface area (Å²) in [6.45, 7) is 0.469. The predicted molar refractivity (Wildman–Crippen MR) is 78.5 cm³/mol. The minimum absolute atomic E-state index is 0.149. The number of ether oxygens (including phenoxy) is 1. The van der Waals surface area contributed by atoms with Gasteiger partial charge in [0.05, 0.1) is 12.8 Å². The third-order valence-corrected chi connectivity index (χ3v) is 4.83. The lowest BCUT2D eigenvalue weighted by Crippen LogP contribution is -2.27. The first-order valence-corrected chi connectivity index (χ1v) is 7.39. The summed E-state index contributed by atoms with van der Waals surface area (Å²) in [6.07, 6.45) is 4.82. The van der Waals surface area contributed by atoms with Crippen molar-refractivity contribution in [1.29, 1.82) is 0 Å². The summed E-state index contributed by atoms with van der Waals surface area (Å²) in [5.74, 6) is 2.39. The van der Waals surface area contributed by atoms with Crippen LogP contribution in [-0.2, 0) is 11.3 Å². The van der Waals surface area contributed by atoms with Gasteiger partial charge in [0.1, 0.15) is 5.75 Å². The number of anilines is 1. The number of fused-ring (bicyclic) bond motifs is 2. The van der Waals surface area contributed by atoms with Crippen LogP contribution in [0, 0.1) is 17.8 Å². The normalized spacial score (nSPS) is 27.6. The standard InChI is InChI=1S/C16H22N2O2/c1-20-15-8-11(9-17)3-5-14(15)18-16(19)13-7-10-2-4-12(13)6-10/h3,5,8,10,12-13H,2,4,6-7,9,17H2,1H3,(H,18,19). The summed E-state index contributed by atoms with van der Waals surface area (Å²) >= 11 is 0. The fourth-order valence-electron chi connectivity index (χ4n) is 3.76. The van der Waals surface area contributed by atoms with Gasteiger partial charge in [-0.3, -0.25) is 4.79 Å². The van der Waals surface area contributed by atoms with Crippen LogP contribution < -0.4 is 15.8 Å². The Kier molecular flexibility index (Phi) is 3.66. The zero-order valence-electron chi connectivity index (χ0n) is 11.9. The van der Waals surface area contributed by atoms with Gasteiger partial charge in [-0.25, -0.2) is 0 Å². The van der Waals surface area contributed by atoms with E-state index in [-0.39, 0.29) is 11.8 Å². The van der Waals surface area contributed by atoms with E-state index in [1.807, 2.05) is 18.2 Å². The Balaban J connectivity index is 1.72. The van der Waals surface area contributed by atoms with Crippen LogP contribution >= 0.6 is 0 Å². The number of amides is 1. The summed E-state index contributed by atoms with van der Waals surface area (Å²) in [6, 6.07) is 5.70. The first kappa shape index (κ1) is 13.4. The summed E-state index contributed by atoms with van der Waals surface area (Å²) in [4.78, 5) is 12.4. The van der Waals surface area contributed by atoms with Gasteiger partial charge in [-0.2, -0.15) is 0 Å². The quantitative estimate of drug-likeness (QED) is 0.886. The van der Waals surface area contributed by atoms with Gasteiger partial charge >= 0.3 is 0 Å². The van der Waals surface area contributed by atoms with E-state index in [4.69, 9.17) is 10.5 Å². The first-order chi connectivity index (χ1) is 9.71. The Labute approximate surface area is 119 Å². The van der Waals surface area contributed by atoms with Gasteiger partial charge in [-0.15, -0.1) is 0 Å². The number of benzene rings is 1. The zero-order chi connectivity index (χ0) is 14.1. The maximum Gasteiger partial charge on any atom is 0.227 e. The van der Waals surface area contributed by atoms with Crippen LogP contribution in [0.5, 0.6) is 5.75 Å². The lowest BCUT2D eigenvalue weighted by atomic mass is 9.88. The SMILES string of the molecule is COc1cc(CN)ccc1NC(=O)C1CC2CCC1C2. The molecule has 3 atom stereocenters. The molecule has 1 aromatic carbocycles. The molecule has 1 amide bonds. The Morgan fingerprint density at radius 1 is 1.40 bits per heavy atom. The maximum absolute atomic E-state index is 12.4. The van der Waals surface area contributed by atoms with Crippen molar-refractivity contribution in [2.45, 2.75) is 32.2 Å². The molecule has 2 bridgehead atoms. The van der Waals surface area contributed by atoms with Gasteiger partial charge in [0.2, 0.25) is 5.91 Å². The third kappa shape index (κ3) is 2.40. The second kappa shape index (κ2) is 5.44. The molecule has 0 radical (unpaired) electrons. The predicted octanol–water partition coefficient (Wildman–Crippen LogP) is 2.53. The number of carbonyl (C=O) groups excluding carboxylic acids is 1. The number of hydrogen-bond donors (Lipinski definition) is 2. The minimum atomic E-state index is 0.149. The van der Waals surface area contributed by atoms with E-state index < -0.39 is 0 Å². The monoisotopic (exact) mass is 274 g/mol. The van der Waals surface area contributed by atoms with Gasteiger partial charge in [0, 0.05) is 12.5 Å². The number of nitrogens with two attached hydrogens (primary N) is 1. The highest BCUT2D eigenvalue weighted by Crippen LogP contribution is 2.48. The highest BCUT2D eigenvalue weighted by molar-refractivity contribution is 5.94. The summed E-state index contributed by atoms with van der Waals surface area (Å²) < 4.78 is 5.34. The Bertz CT molecular complexity index is 515. The molecule has 1 aromatic rings. The molecule has 108 valence electrons. The van der Waals surface area contributed by atoms with Crippen molar-refractivity contribution in [1.82, 2.24) is 0 Å². The number of rotatable bonds is 4. The molecular weight excluding hydrogens is 252 g/mol. The zero-order valence-corrected chi connectivity index (χ0v) is 11.9. The van der Waals surface area contributed by atoms with Crippen molar-refractivity contribution in [3.8, 4) is 5.75 Å². The molecule has 3 rings (SSSR count). The first-order valence-electron chi connectivity index (χ1n) is 7.39. The highest BCUT2D eigenvalue weighted by Gasteiger charge is 2.43. The van der Waals surface area contributed by atoms with Crippen LogP contribution in [0.25, 0.3) is 0 Å². The average molecular weight is 274 g/mol. The molecule has 0 spiro atoms. The molecule has 2 aliphatic carbocycles. The summed E-state index contributed by atoms with van der Waals surface area (Å²) in [5.41, 5.74) is 7.37. The fourth-order valence-corrected chi connectivity index (χ4v) is 3.76. The molecule has 4 nitrogen and oxygen atoms in total. The van der Waals surface area contributed by atoms with Gasteiger partial charge in [0.15, 0.2) is 0 Å². The van der Waals surface area contributed by atoms with E-state index in [2.05, 4.69) is 5.32 Å². The van der Waals surface area contributed by atoms with Gasteiger partial charge < -0.3 is 15.8 Å². The smallest absolute Gasteiger partial charge is 0.227 e. The second-order valence-corrected chi connectivity index (χ2v) is 6.01. The van der Waals surface area contributed by atoms with E-state index >= 15 is 0 Å². The molecule has 4 heteroatoms. The summed E-state index contributed by atoms with van der Waals surface area (Å²) in [5, 5.41) is 3.03. The molecule has 2 aliphatic rings. The Morgan fingerprint density at radius 2 is 2.25 bits per heavy atom. The molecule has 20 heavy (non-hydrogen) atoms. The number of nitrogens with one attached hydrogen (secondary N) is 1. The minimum Gasteiger partial charge on any atom is -0.495 e. The molecule has 0 saturated heterocycles. The van der Waals surface area contributed by atoms with Crippen LogP contribution in [0.2, 0.25) is 0 Å². The Morgan fingerprint density at radius 3 is 2.85 bits per heavy atom. The van der Waals surface area contributed by atoms with Crippen LogP contribution in [0.1, 0.15) is 31.2 Å². The van der Waals surface area contributed by atoms with E-state index in [9.17, 15) is 4.79 Å². The molecule has 0 aliphatic heterocycles. The van der Waals surface area contributed by atoms with Crippen LogP contribution in [0.4, 0.5) is 5.69 Å². The van der Waals surface area contributed by atoms with Crippen molar-refractivity contribution in [3.63, 3.8) is 0 Å². The third-order valence-electron chi connectivity index (χ3n) is 4.83. The van der Waals surface area contributed by atoms with Crippen molar-refractivity contribution in [2.75, 3.05) is 12.4 Å². The fraction of sp³-hybridized carbons (Fsp3) is 0.562. The average Bonchev–Trinajstić information content (AvgIpc) is 3.10. The molecule has 2 saturated carbocycles. The maximum atomic E-state index is 12.4. The number of carbonyl (C=O) groups is 1. The number of methoxy groups -OCH3 is 1. The van der Waals surface area contributed by atoms with E-state index in [0.717, 1.165) is 23.6 Å². The van der Waals surface area contributed by atoms with Crippen LogP contribution in [0.3, 0.4) is 0 Å². The molecular formula is C16H22N2O2. The van der Waals surface area contributed by atoms with Crippen molar-refractivity contribution >= 4 is 11.6 Å². The lowest BCUT2D eigenvalue weighted by molar-refractivity contribution is -0.121. The van der Waals surface area contributed by atoms with Gasteiger partial charge in [0.25, 0.3) is 0 Å². The molecule has 0 heterocycles. The van der Waals surface area contributed by atoms with E-state index in [0.29, 0.717) is 18.2 Å². The lowest BCUT2D eigenvalue weighted by Gasteiger charge is -2.21. The van der Waals surface area contributed by atoms with Crippen molar-refractivity contribution in [3.05, 3.63) is 23.8 Å². The highest BCUT2D eigenvalue weighted by atomic mass is 16.5. The van der Waals surface area contributed by atoms with Crippen LogP contribution in [-0.4, -0.2) is 13.0 Å². The second-order valence-electron chi connectivity index (χ2n) is 6.01. The van der Waals surface area contributed by atoms with E-state index in [1.165, 1.54) is 19.3 Å². The topological polar surface area (TPSA) is 64.3 Å². The largest absolute Gasteiger partial charge is 0.495 e. The molecule has 3 N–H and O–H groups in total. The van der Waals surface area contributed by atoms with Gasteiger partial charge in [-0.1, -0.05) is 12.5 Å². The van der Waals surface area contributed by atoms with Crippen molar-refractivity contribution < 1.29 is 9.53 Å². The van der Waals surface area contributed by atoms with E-state index in [1.54, 1.807) is 7.11 Å². The number of hydrogen-bond acceptors (Lipinski definition) is 3. The van der Waals surface area contributed by atoms with Gasteiger partial charge in [-0.05, 0) is 48.8 Å².